The van der Waals surface area contributed by atoms with Gasteiger partial charge in [0.05, 0.1) is 0 Å². The Morgan fingerprint density at radius 1 is 1.09 bits per heavy atom. The summed E-state index contributed by atoms with van der Waals surface area (Å²) in [6, 6.07) is 15.5. The fraction of sp³-hybridized carbons (Fsp3) is 0.158. The van der Waals surface area contributed by atoms with E-state index in [-0.39, 0.29) is 0 Å². The summed E-state index contributed by atoms with van der Waals surface area (Å²) >= 11 is 0. The summed E-state index contributed by atoms with van der Waals surface area (Å²) in [5.74, 6) is -0.480. The molecule has 3 aromatic rings. The highest BCUT2D eigenvalue weighted by Gasteiger charge is 2.30. The SMILES string of the molecule is CC(C)(Oc1ccc2ccccc2c1-c1cccnc1)C(=O)O. The van der Waals surface area contributed by atoms with Crippen LogP contribution in [-0.2, 0) is 4.79 Å². The van der Waals surface area contributed by atoms with Gasteiger partial charge in [-0.15, -0.1) is 0 Å². The molecule has 2 aromatic carbocycles. The first-order chi connectivity index (χ1) is 11.0. The third kappa shape index (κ3) is 2.88. The van der Waals surface area contributed by atoms with E-state index in [1.165, 1.54) is 13.8 Å². The van der Waals surface area contributed by atoms with E-state index in [1.54, 1.807) is 12.4 Å². The maximum Gasteiger partial charge on any atom is 0.347 e. The average Bonchev–Trinajstić information content (AvgIpc) is 2.55. The Balaban J connectivity index is 2.24. The Morgan fingerprint density at radius 3 is 2.57 bits per heavy atom. The summed E-state index contributed by atoms with van der Waals surface area (Å²) in [5, 5.41) is 11.4. The number of ether oxygens (including phenoxy) is 1. The topological polar surface area (TPSA) is 59.4 Å². The predicted octanol–water partition coefficient (Wildman–Crippen LogP) is 4.14. The largest absolute Gasteiger partial charge is 0.478 e. The molecule has 0 aliphatic heterocycles. The van der Waals surface area contributed by atoms with E-state index in [2.05, 4.69) is 4.98 Å². The van der Waals surface area contributed by atoms with Gasteiger partial charge in [0, 0.05) is 23.5 Å². The summed E-state index contributed by atoms with van der Waals surface area (Å²) in [4.78, 5) is 15.6. The summed E-state index contributed by atoms with van der Waals surface area (Å²) in [5.41, 5.74) is 0.422. The molecule has 0 aliphatic carbocycles. The van der Waals surface area contributed by atoms with Gasteiger partial charge in [0.25, 0.3) is 0 Å². The van der Waals surface area contributed by atoms with Crippen LogP contribution < -0.4 is 4.74 Å². The third-order valence-corrected chi connectivity index (χ3v) is 3.72. The number of aromatic nitrogens is 1. The highest BCUT2D eigenvalue weighted by molar-refractivity contribution is 5.99. The molecular weight excluding hydrogens is 290 g/mol. The van der Waals surface area contributed by atoms with Crippen LogP contribution in [0.5, 0.6) is 5.75 Å². The van der Waals surface area contributed by atoms with Gasteiger partial charge in [-0.2, -0.15) is 0 Å². The highest BCUT2D eigenvalue weighted by atomic mass is 16.5. The van der Waals surface area contributed by atoms with Crippen molar-refractivity contribution in [3.63, 3.8) is 0 Å². The lowest BCUT2D eigenvalue weighted by molar-refractivity contribution is -0.152. The second-order valence-electron chi connectivity index (χ2n) is 5.82. The van der Waals surface area contributed by atoms with Crippen molar-refractivity contribution in [1.29, 1.82) is 0 Å². The molecule has 0 radical (unpaired) electrons. The molecule has 4 nitrogen and oxygen atoms in total. The van der Waals surface area contributed by atoms with Crippen LogP contribution in [0.3, 0.4) is 0 Å². The van der Waals surface area contributed by atoms with Gasteiger partial charge < -0.3 is 9.84 Å². The summed E-state index contributed by atoms with van der Waals surface area (Å²) in [6.07, 6.45) is 3.46. The number of hydrogen-bond acceptors (Lipinski definition) is 3. The van der Waals surface area contributed by atoms with E-state index in [1.807, 2.05) is 48.5 Å². The summed E-state index contributed by atoms with van der Waals surface area (Å²) < 4.78 is 5.83. The highest BCUT2D eigenvalue weighted by Crippen LogP contribution is 2.38. The minimum atomic E-state index is -1.32. The lowest BCUT2D eigenvalue weighted by Gasteiger charge is -2.24. The minimum Gasteiger partial charge on any atom is -0.478 e. The smallest absolute Gasteiger partial charge is 0.347 e. The van der Waals surface area contributed by atoms with Gasteiger partial charge in [0.15, 0.2) is 5.60 Å². The fourth-order valence-corrected chi connectivity index (χ4v) is 2.46. The molecule has 0 amide bonds. The number of pyridine rings is 1. The van der Waals surface area contributed by atoms with Crippen LogP contribution in [-0.4, -0.2) is 21.7 Å². The Kier molecular flexibility index (Phi) is 3.74. The molecule has 0 saturated heterocycles. The van der Waals surface area contributed by atoms with Crippen LogP contribution in [0.1, 0.15) is 13.8 Å². The van der Waals surface area contributed by atoms with E-state index in [4.69, 9.17) is 4.74 Å². The second-order valence-corrected chi connectivity index (χ2v) is 5.82. The van der Waals surface area contributed by atoms with Crippen LogP contribution in [0, 0.1) is 0 Å². The first kappa shape index (κ1) is 15.0. The molecule has 0 spiro atoms. The molecule has 4 heteroatoms. The number of rotatable bonds is 4. The molecule has 1 N–H and O–H groups in total. The standard InChI is InChI=1S/C19H17NO3/c1-19(2,18(21)22)23-16-10-9-13-6-3-4-8-15(13)17(16)14-7-5-11-20-12-14/h3-12H,1-2H3,(H,21,22). The molecular formula is C19H17NO3. The molecule has 1 aromatic heterocycles. The van der Waals surface area contributed by atoms with Crippen molar-refractivity contribution in [2.75, 3.05) is 0 Å². The molecule has 3 rings (SSSR count). The van der Waals surface area contributed by atoms with Gasteiger partial charge in [-0.1, -0.05) is 36.4 Å². The van der Waals surface area contributed by atoms with E-state index in [0.717, 1.165) is 21.9 Å². The van der Waals surface area contributed by atoms with Crippen molar-refractivity contribution in [2.24, 2.45) is 0 Å². The quantitative estimate of drug-likeness (QED) is 0.787. The van der Waals surface area contributed by atoms with Crippen LogP contribution in [0.15, 0.2) is 60.9 Å². The molecule has 0 saturated carbocycles. The van der Waals surface area contributed by atoms with Crippen molar-refractivity contribution < 1.29 is 14.6 Å². The van der Waals surface area contributed by atoms with Crippen LogP contribution >= 0.6 is 0 Å². The van der Waals surface area contributed by atoms with E-state index in [0.29, 0.717) is 5.75 Å². The number of benzene rings is 2. The van der Waals surface area contributed by atoms with Crippen LogP contribution in [0.25, 0.3) is 21.9 Å². The summed E-state index contributed by atoms with van der Waals surface area (Å²) in [6.45, 7) is 3.08. The Hall–Kier alpha value is -2.88. The van der Waals surface area contributed by atoms with Gasteiger partial charge in [-0.3, -0.25) is 4.98 Å². The molecule has 116 valence electrons. The molecule has 0 fully saturated rings. The Labute approximate surface area is 134 Å². The minimum absolute atomic E-state index is 0.532. The van der Waals surface area contributed by atoms with Gasteiger partial charge >= 0.3 is 5.97 Å². The predicted molar refractivity (Wildman–Crippen MR) is 89.5 cm³/mol. The first-order valence-corrected chi connectivity index (χ1v) is 7.33. The maximum absolute atomic E-state index is 11.4. The molecule has 0 unspecified atom stereocenters. The van der Waals surface area contributed by atoms with Gasteiger partial charge in [-0.05, 0) is 36.8 Å². The monoisotopic (exact) mass is 307 g/mol. The van der Waals surface area contributed by atoms with Gasteiger partial charge in [0.2, 0.25) is 0 Å². The van der Waals surface area contributed by atoms with E-state index >= 15 is 0 Å². The van der Waals surface area contributed by atoms with Crippen molar-refractivity contribution in [1.82, 2.24) is 4.98 Å². The van der Waals surface area contributed by atoms with E-state index < -0.39 is 11.6 Å². The van der Waals surface area contributed by atoms with Gasteiger partial charge in [-0.25, -0.2) is 4.79 Å². The maximum atomic E-state index is 11.4. The lowest BCUT2D eigenvalue weighted by atomic mass is 9.98. The van der Waals surface area contributed by atoms with Crippen LogP contribution in [0.4, 0.5) is 0 Å². The number of hydrogen-bond donors (Lipinski definition) is 1. The van der Waals surface area contributed by atoms with E-state index in [9.17, 15) is 9.90 Å². The molecule has 1 heterocycles. The average molecular weight is 307 g/mol. The number of fused-ring (bicyclic) bond motifs is 1. The Bertz CT molecular complexity index is 857. The fourth-order valence-electron chi connectivity index (χ4n) is 2.46. The number of carboxylic acid groups (broad SMARTS) is 1. The molecule has 0 aliphatic rings. The van der Waals surface area contributed by atoms with Gasteiger partial charge in [0.1, 0.15) is 5.75 Å². The van der Waals surface area contributed by atoms with Crippen molar-refractivity contribution >= 4 is 16.7 Å². The Morgan fingerprint density at radius 2 is 1.87 bits per heavy atom. The zero-order valence-electron chi connectivity index (χ0n) is 13.0. The molecule has 23 heavy (non-hydrogen) atoms. The van der Waals surface area contributed by atoms with Crippen molar-refractivity contribution in [3.05, 3.63) is 60.9 Å². The first-order valence-electron chi connectivity index (χ1n) is 7.33. The number of aliphatic carboxylic acids is 1. The normalized spacial score (nSPS) is 11.4. The van der Waals surface area contributed by atoms with Crippen molar-refractivity contribution in [2.45, 2.75) is 19.4 Å². The summed E-state index contributed by atoms with van der Waals surface area (Å²) in [7, 11) is 0. The lowest BCUT2D eigenvalue weighted by Crippen LogP contribution is -2.38. The van der Waals surface area contributed by atoms with Crippen LogP contribution in [0.2, 0.25) is 0 Å². The zero-order chi connectivity index (χ0) is 16.4. The second kappa shape index (κ2) is 5.72. The number of carbonyl (C=O) groups is 1. The van der Waals surface area contributed by atoms with Crippen molar-refractivity contribution in [3.8, 4) is 16.9 Å². The molecule has 0 atom stereocenters. The third-order valence-electron chi connectivity index (χ3n) is 3.72. The number of carboxylic acids is 1. The number of nitrogens with zero attached hydrogens (tertiary/aromatic N) is 1. The molecule has 0 bridgehead atoms. The zero-order valence-corrected chi connectivity index (χ0v) is 13.0.